The Hall–Kier alpha value is -2.82. The van der Waals surface area contributed by atoms with E-state index in [4.69, 9.17) is 9.72 Å². The normalized spacial score (nSPS) is 17.2. The van der Waals surface area contributed by atoms with Crippen molar-refractivity contribution in [1.82, 2.24) is 14.9 Å². The van der Waals surface area contributed by atoms with Crippen molar-refractivity contribution in [2.75, 3.05) is 19.7 Å². The zero-order valence-electron chi connectivity index (χ0n) is 15.6. The Balaban J connectivity index is 1.37. The average Bonchev–Trinajstić information content (AvgIpc) is 3.17. The minimum atomic E-state index is 0.0374. The number of piperidine rings is 1. The summed E-state index contributed by atoms with van der Waals surface area (Å²) >= 11 is 0. The molecule has 0 spiro atoms. The van der Waals surface area contributed by atoms with Crippen molar-refractivity contribution in [1.29, 1.82) is 0 Å². The van der Waals surface area contributed by atoms with Crippen LogP contribution in [0.4, 0.5) is 0 Å². The van der Waals surface area contributed by atoms with E-state index < -0.39 is 0 Å². The Labute approximate surface area is 159 Å². The molecule has 1 unspecified atom stereocenters. The molecule has 1 aliphatic heterocycles. The average molecular weight is 363 g/mol. The van der Waals surface area contributed by atoms with Gasteiger partial charge in [-0.2, -0.15) is 0 Å². The lowest BCUT2D eigenvalue weighted by atomic mass is 9.97. The van der Waals surface area contributed by atoms with Gasteiger partial charge in [-0.15, -0.1) is 0 Å². The van der Waals surface area contributed by atoms with Gasteiger partial charge in [0, 0.05) is 19.0 Å². The number of hydrogen-bond acceptors (Lipinski definition) is 3. The lowest BCUT2D eigenvalue weighted by Crippen LogP contribution is -2.41. The summed E-state index contributed by atoms with van der Waals surface area (Å²) in [6.07, 6.45) is 3.03. The molecule has 0 aliphatic carbocycles. The molecule has 2 heterocycles. The van der Waals surface area contributed by atoms with Gasteiger partial charge in [-0.05, 0) is 49.1 Å². The molecule has 27 heavy (non-hydrogen) atoms. The Morgan fingerprint density at radius 3 is 2.81 bits per heavy atom. The number of aromatic amines is 1. The molecule has 1 saturated heterocycles. The second kappa shape index (κ2) is 7.82. The van der Waals surface area contributed by atoms with Crippen molar-refractivity contribution in [3.05, 3.63) is 59.9 Å². The highest BCUT2D eigenvalue weighted by Crippen LogP contribution is 2.27. The lowest BCUT2D eigenvalue weighted by Gasteiger charge is -2.31. The van der Waals surface area contributed by atoms with Gasteiger partial charge in [-0.1, -0.05) is 31.2 Å². The number of ether oxygens (including phenoxy) is 1. The van der Waals surface area contributed by atoms with Gasteiger partial charge < -0.3 is 14.6 Å². The van der Waals surface area contributed by atoms with Crippen LogP contribution < -0.4 is 4.74 Å². The van der Waals surface area contributed by atoms with Crippen molar-refractivity contribution in [2.24, 2.45) is 0 Å². The fourth-order valence-electron chi connectivity index (χ4n) is 3.65. The molecule has 5 nitrogen and oxygen atoms in total. The van der Waals surface area contributed by atoms with E-state index in [-0.39, 0.29) is 18.4 Å². The molecule has 4 rings (SSSR count). The van der Waals surface area contributed by atoms with E-state index in [0.29, 0.717) is 6.54 Å². The highest BCUT2D eigenvalue weighted by molar-refractivity contribution is 5.78. The molecule has 0 saturated carbocycles. The predicted octanol–water partition coefficient (Wildman–Crippen LogP) is 3.91. The number of aromatic nitrogens is 2. The molecular weight excluding hydrogens is 338 g/mol. The molecule has 140 valence electrons. The fraction of sp³-hybridized carbons (Fsp3) is 0.364. The zero-order valence-corrected chi connectivity index (χ0v) is 15.6. The van der Waals surface area contributed by atoms with E-state index in [1.165, 1.54) is 5.56 Å². The fourth-order valence-corrected chi connectivity index (χ4v) is 3.65. The van der Waals surface area contributed by atoms with Crippen LogP contribution in [0.2, 0.25) is 0 Å². The van der Waals surface area contributed by atoms with Crippen molar-refractivity contribution >= 4 is 16.9 Å². The molecule has 1 aromatic heterocycles. The number of para-hydroxylation sites is 2. The minimum absolute atomic E-state index is 0.0374. The maximum absolute atomic E-state index is 12.6. The number of fused-ring (bicyclic) bond motifs is 1. The van der Waals surface area contributed by atoms with E-state index in [1.807, 2.05) is 53.4 Å². The van der Waals surface area contributed by atoms with Crippen LogP contribution >= 0.6 is 0 Å². The third kappa shape index (κ3) is 3.97. The number of nitrogens with zero attached hydrogens (tertiary/aromatic N) is 2. The summed E-state index contributed by atoms with van der Waals surface area (Å²) in [6.45, 7) is 3.68. The smallest absolute Gasteiger partial charge is 0.260 e. The summed E-state index contributed by atoms with van der Waals surface area (Å²) in [5, 5.41) is 0. The van der Waals surface area contributed by atoms with Gasteiger partial charge in [-0.3, -0.25) is 4.79 Å². The van der Waals surface area contributed by atoms with Crippen LogP contribution in [0.1, 0.15) is 37.1 Å². The Morgan fingerprint density at radius 2 is 2.04 bits per heavy atom. The van der Waals surface area contributed by atoms with Gasteiger partial charge >= 0.3 is 0 Å². The van der Waals surface area contributed by atoms with Gasteiger partial charge in [0.2, 0.25) is 0 Å². The number of aryl methyl sites for hydroxylation is 1. The number of nitrogens with one attached hydrogen (secondary N) is 1. The SMILES string of the molecule is CCc1ccc(OCC(=O)N2CCCC(c3nc4ccccc4[nH]3)C2)cc1. The molecule has 3 aromatic rings. The first kappa shape index (κ1) is 17.6. The molecule has 0 bridgehead atoms. The number of carbonyl (C=O) groups is 1. The number of likely N-dealkylation sites (tertiary alicyclic amines) is 1. The summed E-state index contributed by atoms with van der Waals surface area (Å²) < 4.78 is 5.69. The van der Waals surface area contributed by atoms with E-state index in [9.17, 15) is 4.79 Å². The summed E-state index contributed by atoms with van der Waals surface area (Å²) in [6, 6.07) is 16.0. The molecule has 1 aliphatic rings. The van der Waals surface area contributed by atoms with Crippen LogP contribution in [0.25, 0.3) is 11.0 Å². The van der Waals surface area contributed by atoms with Gasteiger partial charge in [0.1, 0.15) is 11.6 Å². The predicted molar refractivity (Wildman–Crippen MR) is 106 cm³/mol. The number of carbonyl (C=O) groups excluding carboxylic acids is 1. The van der Waals surface area contributed by atoms with Crippen LogP contribution in [0, 0.1) is 0 Å². The third-order valence-electron chi connectivity index (χ3n) is 5.26. The van der Waals surface area contributed by atoms with Crippen LogP contribution in [0.15, 0.2) is 48.5 Å². The first-order valence-electron chi connectivity index (χ1n) is 9.67. The minimum Gasteiger partial charge on any atom is -0.484 e. The number of benzene rings is 2. The molecule has 1 N–H and O–H groups in total. The number of amides is 1. The second-order valence-electron chi connectivity index (χ2n) is 7.10. The largest absolute Gasteiger partial charge is 0.484 e. The van der Waals surface area contributed by atoms with Crippen molar-refractivity contribution < 1.29 is 9.53 Å². The van der Waals surface area contributed by atoms with E-state index in [0.717, 1.165) is 48.4 Å². The van der Waals surface area contributed by atoms with Crippen molar-refractivity contribution in [2.45, 2.75) is 32.1 Å². The monoisotopic (exact) mass is 363 g/mol. The number of rotatable bonds is 5. The first-order valence-corrected chi connectivity index (χ1v) is 9.67. The molecule has 0 radical (unpaired) electrons. The number of H-pyrrole nitrogens is 1. The molecule has 5 heteroatoms. The van der Waals surface area contributed by atoms with Crippen LogP contribution in [0.3, 0.4) is 0 Å². The van der Waals surface area contributed by atoms with E-state index >= 15 is 0 Å². The number of hydrogen-bond donors (Lipinski definition) is 1. The highest BCUT2D eigenvalue weighted by Gasteiger charge is 2.27. The van der Waals surface area contributed by atoms with Gasteiger partial charge in [0.15, 0.2) is 6.61 Å². The first-order chi connectivity index (χ1) is 13.2. The molecule has 1 atom stereocenters. The van der Waals surface area contributed by atoms with Gasteiger partial charge in [0.05, 0.1) is 11.0 Å². The summed E-state index contributed by atoms with van der Waals surface area (Å²) in [7, 11) is 0. The quantitative estimate of drug-likeness (QED) is 0.748. The van der Waals surface area contributed by atoms with Crippen molar-refractivity contribution in [3.8, 4) is 5.75 Å². The lowest BCUT2D eigenvalue weighted by molar-refractivity contribution is -0.134. The standard InChI is InChI=1S/C22H25N3O2/c1-2-16-9-11-18(12-10-16)27-15-21(26)25-13-5-6-17(14-25)22-23-19-7-3-4-8-20(19)24-22/h3-4,7-12,17H,2,5-6,13-15H2,1H3,(H,23,24). The molecule has 1 fully saturated rings. The number of imidazole rings is 1. The van der Waals surface area contributed by atoms with Crippen LogP contribution in [-0.4, -0.2) is 40.5 Å². The highest BCUT2D eigenvalue weighted by atomic mass is 16.5. The van der Waals surface area contributed by atoms with Crippen LogP contribution in [-0.2, 0) is 11.2 Å². The summed E-state index contributed by atoms with van der Waals surface area (Å²) in [4.78, 5) is 22.6. The molecular formula is C22H25N3O2. The maximum atomic E-state index is 12.6. The Kier molecular flexibility index (Phi) is 5.10. The zero-order chi connectivity index (χ0) is 18.6. The topological polar surface area (TPSA) is 58.2 Å². The van der Waals surface area contributed by atoms with E-state index in [1.54, 1.807) is 0 Å². The van der Waals surface area contributed by atoms with Gasteiger partial charge in [-0.25, -0.2) is 4.98 Å². The second-order valence-corrected chi connectivity index (χ2v) is 7.10. The third-order valence-corrected chi connectivity index (χ3v) is 5.26. The van der Waals surface area contributed by atoms with E-state index in [2.05, 4.69) is 11.9 Å². The maximum Gasteiger partial charge on any atom is 0.260 e. The summed E-state index contributed by atoms with van der Waals surface area (Å²) in [5.41, 5.74) is 3.29. The van der Waals surface area contributed by atoms with Crippen LogP contribution in [0.5, 0.6) is 5.75 Å². The Morgan fingerprint density at radius 1 is 1.22 bits per heavy atom. The Bertz CT molecular complexity index is 884. The molecule has 2 aromatic carbocycles. The van der Waals surface area contributed by atoms with Crippen molar-refractivity contribution in [3.63, 3.8) is 0 Å². The summed E-state index contributed by atoms with van der Waals surface area (Å²) in [5.74, 6) is 2.01. The molecule has 1 amide bonds. The van der Waals surface area contributed by atoms with Gasteiger partial charge in [0.25, 0.3) is 5.91 Å².